The molecule has 0 saturated carbocycles. The summed E-state index contributed by atoms with van der Waals surface area (Å²) in [5, 5.41) is 0. The van der Waals surface area contributed by atoms with Gasteiger partial charge in [0.2, 0.25) is 0 Å². The molecule has 0 unspecified atom stereocenters. The molecule has 15 heavy (non-hydrogen) atoms. The molecule has 0 radical (unpaired) electrons. The quantitative estimate of drug-likeness (QED) is 0.625. The molecular formula is C9H9BrN2O3. The Morgan fingerprint density at radius 1 is 1.40 bits per heavy atom. The van der Waals surface area contributed by atoms with Crippen LogP contribution in [0.4, 0.5) is 5.69 Å². The van der Waals surface area contributed by atoms with Crippen LogP contribution in [0.1, 0.15) is 10.4 Å². The third kappa shape index (κ3) is 3.25. The van der Waals surface area contributed by atoms with Crippen molar-refractivity contribution in [2.75, 3.05) is 12.3 Å². The molecule has 1 rings (SSSR count). The maximum atomic E-state index is 11.3. The number of hydrogen-bond donors (Lipinski definition) is 2. The van der Waals surface area contributed by atoms with Gasteiger partial charge in [-0.15, -0.1) is 0 Å². The van der Waals surface area contributed by atoms with Crippen LogP contribution < -0.4 is 11.5 Å². The highest BCUT2D eigenvalue weighted by Crippen LogP contribution is 2.20. The number of nitrogen functional groups attached to an aromatic ring is 1. The molecule has 0 aliphatic rings. The predicted octanol–water partition coefficient (Wildman–Crippen LogP) is 0.673. The topological polar surface area (TPSA) is 95.4 Å². The van der Waals surface area contributed by atoms with Crippen molar-refractivity contribution in [1.82, 2.24) is 0 Å². The second-order valence-corrected chi connectivity index (χ2v) is 3.63. The van der Waals surface area contributed by atoms with E-state index >= 15 is 0 Å². The molecule has 0 aliphatic heterocycles. The van der Waals surface area contributed by atoms with Crippen molar-refractivity contribution >= 4 is 33.5 Å². The van der Waals surface area contributed by atoms with Gasteiger partial charge in [0.15, 0.2) is 6.61 Å². The molecule has 0 aliphatic carbocycles. The van der Waals surface area contributed by atoms with Gasteiger partial charge in [-0.3, -0.25) is 4.79 Å². The number of carbonyl (C=O) groups is 2. The summed E-state index contributed by atoms with van der Waals surface area (Å²) in [6, 6.07) is 4.60. The number of carbonyl (C=O) groups excluding carboxylic acids is 2. The van der Waals surface area contributed by atoms with E-state index in [4.69, 9.17) is 11.5 Å². The Balaban J connectivity index is 2.74. The first-order valence-corrected chi connectivity index (χ1v) is 4.80. The van der Waals surface area contributed by atoms with Crippen molar-refractivity contribution in [2.45, 2.75) is 0 Å². The SMILES string of the molecule is NC(=O)COC(=O)c1ccc(Br)c(N)c1. The van der Waals surface area contributed by atoms with Crippen molar-refractivity contribution in [3.8, 4) is 0 Å². The lowest BCUT2D eigenvalue weighted by Gasteiger charge is -2.04. The fourth-order valence-electron chi connectivity index (χ4n) is 0.891. The lowest BCUT2D eigenvalue weighted by molar-refractivity contribution is -0.121. The van der Waals surface area contributed by atoms with Gasteiger partial charge in [-0.2, -0.15) is 0 Å². The number of halogens is 1. The van der Waals surface area contributed by atoms with Gasteiger partial charge in [0.05, 0.1) is 5.56 Å². The van der Waals surface area contributed by atoms with E-state index < -0.39 is 18.5 Å². The van der Waals surface area contributed by atoms with Crippen LogP contribution in [0.3, 0.4) is 0 Å². The minimum Gasteiger partial charge on any atom is -0.452 e. The monoisotopic (exact) mass is 272 g/mol. The van der Waals surface area contributed by atoms with Crippen molar-refractivity contribution in [3.63, 3.8) is 0 Å². The Morgan fingerprint density at radius 3 is 2.60 bits per heavy atom. The van der Waals surface area contributed by atoms with Crippen molar-refractivity contribution < 1.29 is 14.3 Å². The van der Waals surface area contributed by atoms with E-state index in [1.165, 1.54) is 12.1 Å². The highest BCUT2D eigenvalue weighted by Gasteiger charge is 2.09. The normalized spacial score (nSPS) is 9.67. The zero-order valence-corrected chi connectivity index (χ0v) is 9.28. The number of ether oxygens (including phenoxy) is 1. The van der Waals surface area contributed by atoms with Crippen molar-refractivity contribution in [3.05, 3.63) is 28.2 Å². The summed E-state index contributed by atoms with van der Waals surface area (Å²) in [6.07, 6.45) is 0. The largest absolute Gasteiger partial charge is 0.452 e. The van der Waals surface area contributed by atoms with Crippen LogP contribution in [0.25, 0.3) is 0 Å². The molecule has 4 N–H and O–H groups in total. The van der Waals surface area contributed by atoms with Gasteiger partial charge in [-0.25, -0.2) is 4.79 Å². The van der Waals surface area contributed by atoms with Gasteiger partial charge in [0, 0.05) is 10.2 Å². The van der Waals surface area contributed by atoms with E-state index in [2.05, 4.69) is 20.7 Å². The first kappa shape index (κ1) is 11.5. The van der Waals surface area contributed by atoms with Crippen LogP contribution in [0.5, 0.6) is 0 Å². The van der Waals surface area contributed by atoms with Gasteiger partial charge in [0.25, 0.3) is 5.91 Å². The molecule has 0 saturated heterocycles. The Bertz CT molecular complexity index is 406. The maximum absolute atomic E-state index is 11.3. The smallest absolute Gasteiger partial charge is 0.338 e. The number of esters is 1. The Hall–Kier alpha value is -1.56. The maximum Gasteiger partial charge on any atom is 0.338 e. The first-order chi connectivity index (χ1) is 7.00. The molecule has 0 atom stereocenters. The van der Waals surface area contributed by atoms with Gasteiger partial charge in [-0.1, -0.05) is 0 Å². The molecule has 0 spiro atoms. The summed E-state index contributed by atoms with van der Waals surface area (Å²) in [5.74, 6) is -1.33. The average Bonchev–Trinajstić information content (AvgIpc) is 2.18. The molecule has 80 valence electrons. The summed E-state index contributed by atoms with van der Waals surface area (Å²) < 4.78 is 5.29. The number of nitrogens with two attached hydrogens (primary N) is 2. The number of amides is 1. The zero-order chi connectivity index (χ0) is 11.4. The molecule has 1 amide bonds. The highest BCUT2D eigenvalue weighted by atomic mass is 79.9. The number of anilines is 1. The van der Waals surface area contributed by atoms with E-state index in [1.807, 2.05) is 0 Å². The average molecular weight is 273 g/mol. The summed E-state index contributed by atoms with van der Waals surface area (Å²) in [4.78, 5) is 21.7. The van der Waals surface area contributed by atoms with Crippen LogP contribution in [0.15, 0.2) is 22.7 Å². The minimum absolute atomic E-state index is 0.275. The minimum atomic E-state index is -0.701. The molecule has 6 heteroatoms. The van der Waals surface area contributed by atoms with E-state index in [1.54, 1.807) is 6.07 Å². The standard InChI is InChI=1S/C9H9BrN2O3/c10-6-2-1-5(3-7(6)11)9(14)15-4-8(12)13/h1-3H,4,11H2,(H2,12,13). The van der Waals surface area contributed by atoms with Gasteiger partial charge >= 0.3 is 5.97 Å². The third-order valence-corrected chi connectivity index (χ3v) is 2.30. The van der Waals surface area contributed by atoms with Gasteiger partial charge in [-0.05, 0) is 34.1 Å². The van der Waals surface area contributed by atoms with Crippen LogP contribution in [-0.2, 0) is 9.53 Å². The molecule has 0 heterocycles. The van der Waals surface area contributed by atoms with Crippen LogP contribution in [0.2, 0.25) is 0 Å². The van der Waals surface area contributed by atoms with E-state index in [0.717, 1.165) is 0 Å². The summed E-state index contributed by atoms with van der Waals surface area (Å²) in [7, 11) is 0. The predicted molar refractivity (Wildman–Crippen MR) is 58.0 cm³/mol. The van der Waals surface area contributed by atoms with Gasteiger partial charge in [0.1, 0.15) is 0 Å². The number of benzene rings is 1. The Morgan fingerprint density at radius 2 is 2.07 bits per heavy atom. The summed E-state index contributed by atoms with van der Waals surface area (Å²) >= 11 is 3.19. The van der Waals surface area contributed by atoms with E-state index in [0.29, 0.717) is 10.2 Å². The second kappa shape index (κ2) is 4.79. The van der Waals surface area contributed by atoms with Crippen molar-refractivity contribution in [1.29, 1.82) is 0 Å². The molecule has 0 fully saturated rings. The third-order valence-electron chi connectivity index (χ3n) is 1.58. The molecular weight excluding hydrogens is 264 g/mol. The second-order valence-electron chi connectivity index (χ2n) is 2.78. The molecule has 1 aromatic rings. The van der Waals surface area contributed by atoms with Gasteiger partial charge < -0.3 is 16.2 Å². The van der Waals surface area contributed by atoms with E-state index in [-0.39, 0.29) is 5.56 Å². The van der Waals surface area contributed by atoms with Crippen LogP contribution in [-0.4, -0.2) is 18.5 Å². The highest BCUT2D eigenvalue weighted by molar-refractivity contribution is 9.10. The molecule has 1 aromatic carbocycles. The summed E-state index contributed by atoms with van der Waals surface area (Å²) in [6.45, 7) is -0.436. The first-order valence-electron chi connectivity index (χ1n) is 4.01. The number of primary amides is 1. The lowest BCUT2D eigenvalue weighted by Crippen LogP contribution is -2.20. The number of hydrogen-bond acceptors (Lipinski definition) is 4. The number of rotatable bonds is 3. The Kier molecular flexibility index (Phi) is 3.68. The Labute approximate surface area is 94.5 Å². The summed E-state index contributed by atoms with van der Waals surface area (Å²) in [5.41, 5.74) is 11.1. The molecule has 0 bridgehead atoms. The van der Waals surface area contributed by atoms with Crippen LogP contribution >= 0.6 is 15.9 Å². The fourth-order valence-corrected chi connectivity index (χ4v) is 1.14. The molecule has 5 nitrogen and oxygen atoms in total. The molecule has 0 aromatic heterocycles. The fraction of sp³-hybridized carbons (Fsp3) is 0.111. The van der Waals surface area contributed by atoms with E-state index in [9.17, 15) is 9.59 Å². The lowest BCUT2D eigenvalue weighted by atomic mass is 10.2. The van der Waals surface area contributed by atoms with Crippen LogP contribution in [0, 0.1) is 0 Å². The van der Waals surface area contributed by atoms with Crippen molar-refractivity contribution in [2.24, 2.45) is 5.73 Å². The zero-order valence-electron chi connectivity index (χ0n) is 7.70.